The largest absolute Gasteiger partial charge is 0.507 e. The highest BCUT2D eigenvalue weighted by Gasteiger charge is 2.26. The molecule has 0 aliphatic rings. The fourth-order valence-electron chi connectivity index (χ4n) is 2.86. The van der Waals surface area contributed by atoms with Gasteiger partial charge in [-0.1, -0.05) is 53.7 Å². The van der Waals surface area contributed by atoms with E-state index in [-0.39, 0.29) is 29.2 Å². The lowest BCUT2D eigenvalue weighted by molar-refractivity contribution is -0.137. The Labute approximate surface area is 164 Å². The number of hydrogen-bond acceptors (Lipinski definition) is 3. The summed E-state index contributed by atoms with van der Waals surface area (Å²) in [6.45, 7) is 12.5. The molecule has 152 valence electrons. The zero-order valence-corrected chi connectivity index (χ0v) is 18.4. The normalized spacial score (nSPS) is 12.0. The fraction of sp³-hybridized carbons (Fsp3) is 0.636. The smallest absolute Gasteiger partial charge is 0.241 e. The van der Waals surface area contributed by atoms with Gasteiger partial charge < -0.3 is 14.9 Å². The Hall–Kier alpha value is -2.04. The summed E-state index contributed by atoms with van der Waals surface area (Å²) < 4.78 is 0. The van der Waals surface area contributed by atoms with Crippen molar-refractivity contribution in [3.05, 3.63) is 28.8 Å². The molecule has 0 radical (unpaired) electrons. The third-order valence-electron chi connectivity index (χ3n) is 4.71. The summed E-state index contributed by atoms with van der Waals surface area (Å²) in [7, 11) is 5.01. The quantitative estimate of drug-likeness (QED) is 0.856. The third kappa shape index (κ3) is 6.26. The van der Waals surface area contributed by atoms with Gasteiger partial charge in [-0.3, -0.25) is 9.59 Å². The van der Waals surface area contributed by atoms with E-state index in [4.69, 9.17) is 0 Å². The van der Waals surface area contributed by atoms with E-state index in [9.17, 15) is 14.7 Å². The number of phenolic OH excluding ortho intramolecular Hbond substituents is 1. The standard InChI is InChI=1S/C22H36N2O3/c1-21(2,3)16-12-15(13-17(20(16)27)22(4,5)6)10-11-18(25)24(9)14-19(26)23(7)8/h12-13,27H,10-11,14H2,1-9H3. The molecule has 0 bridgehead atoms. The van der Waals surface area contributed by atoms with Crippen molar-refractivity contribution in [1.82, 2.24) is 9.80 Å². The molecule has 1 aromatic rings. The first-order valence-electron chi connectivity index (χ1n) is 9.45. The minimum absolute atomic E-state index is 0.0621. The first-order valence-corrected chi connectivity index (χ1v) is 9.45. The molecule has 0 saturated heterocycles. The molecule has 0 spiro atoms. The zero-order valence-electron chi connectivity index (χ0n) is 18.4. The van der Waals surface area contributed by atoms with Gasteiger partial charge in [0.25, 0.3) is 0 Å². The van der Waals surface area contributed by atoms with Crippen molar-refractivity contribution < 1.29 is 14.7 Å². The van der Waals surface area contributed by atoms with Crippen LogP contribution in [0.4, 0.5) is 0 Å². The number of carbonyl (C=O) groups excluding carboxylic acids is 2. The molecular formula is C22H36N2O3. The number of phenols is 1. The molecule has 5 nitrogen and oxygen atoms in total. The Balaban J connectivity index is 3.04. The molecule has 0 heterocycles. The van der Waals surface area contributed by atoms with Crippen LogP contribution in [0.1, 0.15) is 64.7 Å². The van der Waals surface area contributed by atoms with Gasteiger partial charge in [0.05, 0.1) is 6.54 Å². The first-order chi connectivity index (χ1) is 12.1. The minimum atomic E-state index is -0.195. The van der Waals surface area contributed by atoms with Gasteiger partial charge in [0.1, 0.15) is 5.75 Å². The molecule has 0 fully saturated rings. The Kier molecular flexibility index (Phi) is 7.09. The van der Waals surface area contributed by atoms with Crippen molar-refractivity contribution in [2.24, 2.45) is 0 Å². The SMILES string of the molecule is CN(C)C(=O)CN(C)C(=O)CCc1cc(C(C)(C)C)c(O)c(C(C)(C)C)c1. The molecule has 1 rings (SSSR count). The molecule has 27 heavy (non-hydrogen) atoms. The topological polar surface area (TPSA) is 60.9 Å². The van der Waals surface area contributed by atoms with Gasteiger partial charge in [-0.15, -0.1) is 0 Å². The van der Waals surface area contributed by atoms with Gasteiger partial charge >= 0.3 is 0 Å². The summed E-state index contributed by atoms with van der Waals surface area (Å²) in [5, 5.41) is 10.8. The number of likely N-dealkylation sites (N-methyl/N-ethyl adjacent to an activating group) is 2. The summed E-state index contributed by atoms with van der Waals surface area (Å²) in [4.78, 5) is 27.1. The average molecular weight is 377 g/mol. The molecule has 2 amide bonds. The molecule has 0 aromatic heterocycles. The second-order valence-corrected chi connectivity index (χ2v) is 9.58. The number of benzene rings is 1. The van der Waals surface area contributed by atoms with E-state index in [0.717, 1.165) is 16.7 Å². The third-order valence-corrected chi connectivity index (χ3v) is 4.71. The summed E-state index contributed by atoms with van der Waals surface area (Å²) >= 11 is 0. The van der Waals surface area contributed by atoms with Gasteiger partial charge in [0.2, 0.25) is 11.8 Å². The first kappa shape index (κ1) is 23.0. The van der Waals surface area contributed by atoms with Crippen molar-refractivity contribution in [2.45, 2.75) is 65.2 Å². The van der Waals surface area contributed by atoms with Crippen molar-refractivity contribution in [2.75, 3.05) is 27.7 Å². The highest BCUT2D eigenvalue weighted by atomic mass is 16.3. The van der Waals surface area contributed by atoms with Gasteiger partial charge in [-0.25, -0.2) is 0 Å². The summed E-state index contributed by atoms with van der Waals surface area (Å²) in [5.41, 5.74) is 2.43. The molecule has 5 heteroatoms. The van der Waals surface area contributed by atoms with Crippen LogP contribution < -0.4 is 0 Å². The molecule has 0 saturated carbocycles. The van der Waals surface area contributed by atoms with Crippen molar-refractivity contribution in [3.8, 4) is 5.75 Å². The van der Waals surface area contributed by atoms with E-state index in [1.54, 1.807) is 21.1 Å². The van der Waals surface area contributed by atoms with Crippen LogP contribution in [0.25, 0.3) is 0 Å². The maximum atomic E-state index is 12.4. The molecule has 0 aliphatic heterocycles. The van der Waals surface area contributed by atoms with E-state index in [0.29, 0.717) is 18.6 Å². The van der Waals surface area contributed by atoms with Crippen molar-refractivity contribution in [3.63, 3.8) is 0 Å². The zero-order chi connectivity index (χ0) is 21.2. The fourth-order valence-corrected chi connectivity index (χ4v) is 2.86. The highest BCUT2D eigenvalue weighted by Crippen LogP contribution is 2.39. The summed E-state index contributed by atoms with van der Waals surface area (Å²) in [6.07, 6.45) is 0.904. The van der Waals surface area contributed by atoms with Crippen LogP contribution in [0.5, 0.6) is 5.75 Å². The van der Waals surface area contributed by atoms with E-state index >= 15 is 0 Å². The number of hydrogen-bond donors (Lipinski definition) is 1. The van der Waals surface area contributed by atoms with E-state index in [1.807, 2.05) is 12.1 Å². The van der Waals surface area contributed by atoms with Crippen molar-refractivity contribution >= 4 is 11.8 Å². The predicted octanol–water partition coefficient (Wildman–Crippen LogP) is 3.47. The molecular weight excluding hydrogens is 340 g/mol. The second kappa shape index (κ2) is 8.32. The molecule has 1 aromatic carbocycles. The van der Waals surface area contributed by atoms with Gasteiger partial charge in [-0.05, 0) is 33.9 Å². The lowest BCUT2D eigenvalue weighted by Gasteiger charge is -2.28. The Bertz CT molecular complexity index is 659. The number of aryl methyl sites for hydroxylation is 1. The van der Waals surface area contributed by atoms with Gasteiger partial charge in [0, 0.05) is 27.6 Å². The summed E-state index contributed by atoms with van der Waals surface area (Å²) in [6, 6.07) is 4.01. The number of amides is 2. The van der Waals surface area contributed by atoms with Crippen LogP contribution in [0.2, 0.25) is 0 Å². The summed E-state index contributed by atoms with van der Waals surface area (Å²) in [5.74, 6) is 0.187. The van der Waals surface area contributed by atoms with E-state index in [1.165, 1.54) is 9.80 Å². The Morgan fingerprint density at radius 3 is 1.70 bits per heavy atom. The number of aromatic hydroxyl groups is 1. The van der Waals surface area contributed by atoms with Crippen molar-refractivity contribution in [1.29, 1.82) is 0 Å². The highest BCUT2D eigenvalue weighted by molar-refractivity contribution is 5.84. The van der Waals surface area contributed by atoms with Crippen LogP contribution in [0.15, 0.2) is 12.1 Å². The molecule has 0 aliphatic carbocycles. The Morgan fingerprint density at radius 2 is 1.33 bits per heavy atom. The second-order valence-electron chi connectivity index (χ2n) is 9.58. The lowest BCUT2D eigenvalue weighted by atomic mass is 9.78. The minimum Gasteiger partial charge on any atom is -0.507 e. The maximum Gasteiger partial charge on any atom is 0.241 e. The maximum absolute atomic E-state index is 12.4. The Morgan fingerprint density at radius 1 is 0.889 bits per heavy atom. The van der Waals surface area contributed by atoms with Crippen LogP contribution in [0.3, 0.4) is 0 Å². The molecule has 1 N–H and O–H groups in total. The predicted molar refractivity (Wildman–Crippen MR) is 110 cm³/mol. The number of rotatable bonds is 5. The monoisotopic (exact) mass is 376 g/mol. The number of carbonyl (C=O) groups is 2. The molecule has 0 atom stereocenters. The lowest BCUT2D eigenvalue weighted by Crippen LogP contribution is -2.37. The van der Waals surface area contributed by atoms with Gasteiger partial charge in [-0.2, -0.15) is 0 Å². The van der Waals surface area contributed by atoms with Gasteiger partial charge in [0.15, 0.2) is 0 Å². The average Bonchev–Trinajstić information content (AvgIpc) is 2.50. The van der Waals surface area contributed by atoms with E-state index in [2.05, 4.69) is 41.5 Å². The number of nitrogens with zero attached hydrogens (tertiary/aromatic N) is 2. The van der Waals surface area contributed by atoms with Crippen LogP contribution in [0, 0.1) is 0 Å². The van der Waals surface area contributed by atoms with Crippen LogP contribution >= 0.6 is 0 Å². The van der Waals surface area contributed by atoms with Crippen LogP contribution in [-0.2, 0) is 26.8 Å². The van der Waals surface area contributed by atoms with E-state index < -0.39 is 0 Å². The molecule has 0 unspecified atom stereocenters. The van der Waals surface area contributed by atoms with Crippen LogP contribution in [-0.4, -0.2) is 54.4 Å².